The second-order valence-corrected chi connectivity index (χ2v) is 18.0. The minimum Gasteiger partial charge on any atom is -0.238 e. The molecule has 0 aliphatic rings. The average Bonchev–Trinajstić information content (AvgIpc) is 3.45. The predicted octanol–water partition coefficient (Wildman–Crippen LogP) is 18.1. The van der Waals surface area contributed by atoms with Crippen molar-refractivity contribution in [2.75, 3.05) is 0 Å². The molecule has 0 aliphatic heterocycles. The smallest absolute Gasteiger partial charge is 0.187 e. The van der Waals surface area contributed by atoms with Crippen molar-refractivity contribution in [3.63, 3.8) is 0 Å². The van der Waals surface area contributed by atoms with E-state index < -0.39 is 0 Å². The van der Waals surface area contributed by atoms with Crippen LogP contribution in [0.3, 0.4) is 0 Å². The predicted molar refractivity (Wildman–Crippen MR) is 295 cm³/mol. The zero-order chi connectivity index (χ0) is 48.7. The average molecular weight is 911 g/mol. The second-order valence-electron chi connectivity index (χ2n) is 18.0. The normalized spacial score (nSPS) is 11.0. The SMILES string of the molecule is [C-]#[N+]c1ccc(-c2cc(-c3ccc(C#N)cc3)cc(-c3c4ccccc4c(-c4c5ccccc5c(-c5cc(-c6ccc(C#N)cc6)cc(-c6ccc(C#N)cc6)c5)c5ccccc45)c4ccccc34)c2)cc1. The largest absolute Gasteiger partial charge is 0.238 e. The lowest BCUT2D eigenvalue weighted by atomic mass is 9.80. The summed E-state index contributed by atoms with van der Waals surface area (Å²) in [6.45, 7) is 7.60. The van der Waals surface area contributed by atoms with Gasteiger partial charge in [-0.3, -0.25) is 0 Å². The van der Waals surface area contributed by atoms with E-state index in [1.807, 2.05) is 97.1 Å². The maximum absolute atomic E-state index is 9.66. The van der Waals surface area contributed by atoms with E-state index in [2.05, 4.69) is 157 Å². The molecule has 0 N–H and O–H groups in total. The lowest BCUT2D eigenvalue weighted by Gasteiger charge is -2.23. The Labute approximate surface area is 417 Å². The summed E-state index contributed by atoms with van der Waals surface area (Å²) >= 11 is 0. The maximum Gasteiger partial charge on any atom is 0.187 e. The quantitative estimate of drug-likeness (QED) is 0.118. The number of benzene rings is 12. The summed E-state index contributed by atoms with van der Waals surface area (Å²) in [5.41, 5.74) is 17.2. The van der Waals surface area contributed by atoms with Gasteiger partial charge in [0.2, 0.25) is 0 Å². The van der Waals surface area contributed by atoms with E-state index in [0.29, 0.717) is 22.4 Å². The van der Waals surface area contributed by atoms with E-state index in [0.717, 1.165) is 121 Å². The van der Waals surface area contributed by atoms with Crippen LogP contribution < -0.4 is 0 Å². The van der Waals surface area contributed by atoms with Gasteiger partial charge >= 0.3 is 0 Å². The van der Waals surface area contributed by atoms with Crippen LogP contribution in [0.2, 0.25) is 0 Å². The highest BCUT2D eigenvalue weighted by Crippen LogP contribution is 2.51. The molecular formula is C68H38N4. The van der Waals surface area contributed by atoms with Crippen molar-refractivity contribution in [2.24, 2.45) is 0 Å². The van der Waals surface area contributed by atoms with E-state index in [4.69, 9.17) is 6.57 Å². The zero-order valence-electron chi connectivity index (χ0n) is 38.7. The molecule has 0 aromatic heterocycles. The molecule has 12 aromatic rings. The van der Waals surface area contributed by atoms with Crippen LogP contribution in [0.5, 0.6) is 0 Å². The first-order valence-electron chi connectivity index (χ1n) is 23.7. The molecule has 0 atom stereocenters. The summed E-state index contributed by atoms with van der Waals surface area (Å²) in [4.78, 5) is 3.66. The molecule has 0 spiro atoms. The van der Waals surface area contributed by atoms with Crippen molar-refractivity contribution >= 4 is 48.8 Å². The van der Waals surface area contributed by atoms with Crippen molar-refractivity contribution < 1.29 is 0 Å². The minimum atomic E-state index is 0.590. The number of rotatable bonds is 7. The summed E-state index contributed by atoms with van der Waals surface area (Å²) in [6, 6.07) is 86.4. The van der Waals surface area contributed by atoms with Crippen molar-refractivity contribution in [3.05, 3.63) is 259 Å². The molecule has 4 nitrogen and oxygen atoms in total. The van der Waals surface area contributed by atoms with Gasteiger partial charge in [0.1, 0.15) is 0 Å². The van der Waals surface area contributed by atoms with E-state index in [-0.39, 0.29) is 0 Å². The van der Waals surface area contributed by atoms with Crippen LogP contribution in [0, 0.1) is 40.6 Å². The Kier molecular flexibility index (Phi) is 10.7. The van der Waals surface area contributed by atoms with Gasteiger partial charge in [0.05, 0.1) is 41.5 Å². The van der Waals surface area contributed by atoms with Crippen molar-refractivity contribution in [1.82, 2.24) is 0 Å². The molecule has 0 saturated heterocycles. The summed E-state index contributed by atoms with van der Waals surface area (Å²) in [6.07, 6.45) is 0. The lowest BCUT2D eigenvalue weighted by molar-refractivity contribution is 1.48. The molecule has 0 aliphatic carbocycles. The van der Waals surface area contributed by atoms with E-state index in [1.54, 1.807) is 0 Å². The Hall–Kier alpha value is -10.4. The second kappa shape index (κ2) is 17.9. The standard InChI is InChI=1S/C68H38N4/c1-72-56-32-30-49(31-33-56)53-35-52(48-28-22-45(42-71)23-29-48)38-55(39-53)66-59-12-4-8-16-63(59)68(64-17-9-5-13-60(64)66)67-61-14-6-2-10-57(61)65(58-11-3-7-15-62(58)67)54-36-50(46-24-18-43(40-69)19-25-46)34-51(37-54)47-26-20-44(41-70)21-27-47/h2-39H. The third-order valence-electron chi connectivity index (χ3n) is 13.9. The molecule has 12 rings (SSSR count). The molecule has 4 heteroatoms. The third kappa shape index (κ3) is 7.47. The molecule has 0 radical (unpaired) electrons. The van der Waals surface area contributed by atoms with Gasteiger partial charge in [-0.1, -0.05) is 158 Å². The first-order chi connectivity index (χ1) is 35.5. The molecule has 0 heterocycles. The van der Waals surface area contributed by atoms with Gasteiger partial charge in [-0.15, -0.1) is 0 Å². The number of nitriles is 3. The number of fused-ring (bicyclic) bond motifs is 4. The van der Waals surface area contributed by atoms with Gasteiger partial charge in [-0.05, 0) is 194 Å². The summed E-state index contributed by atoms with van der Waals surface area (Å²) in [5, 5.41) is 38.0. The molecule has 0 amide bonds. The fourth-order valence-electron chi connectivity index (χ4n) is 10.6. The minimum absolute atomic E-state index is 0.590. The van der Waals surface area contributed by atoms with Gasteiger partial charge < -0.3 is 0 Å². The van der Waals surface area contributed by atoms with Gasteiger partial charge in [0.15, 0.2) is 5.69 Å². The van der Waals surface area contributed by atoms with Crippen LogP contribution in [-0.2, 0) is 0 Å². The zero-order valence-corrected chi connectivity index (χ0v) is 38.7. The molecule has 12 aromatic carbocycles. The van der Waals surface area contributed by atoms with Crippen molar-refractivity contribution in [3.8, 4) is 96.1 Å². The van der Waals surface area contributed by atoms with Crippen LogP contribution in [0.4, 0.5) is 5.69 Å². The highest BCUT2D eigenvalue weighted by Gasteiger charge is 2.24. The lowest BCUT2D eigenvalue weighted by Crippen LogP contribution is -1.95. The number of hydrogen-bond acceptors (Lipinski definition) is 3. The molecule has 0 saturated carbocycles. The summed E-state index contributed by atoms with van der Waals surface area (Å²) in [5.74, 6) is 0. The maximum atomic E-state index is 9.66. The van der Waals surface area contributed by atoms with Crippen LogP contribution in [0.1, 0.15) is 16.7 Å². The molecule has 0 unspecified atom stereocenters. The Bertz CT molecular complexity index is 3780. The topological polar surface area (TPSA) is 75.7 Å². The number of nitrogens with zero attached hydrogens (tertiary/aromatic N) is 4. The molecular weight excluding hydrogens is 873 g/mol. The third-order valence-corrected chi connectivity index (χ3v) is 13.9. The van der Waals surface area contributed by atoms with Crippen LogP contribution in [0.25, 0.3) is 126 Å². The molecule has 72 heavy (non-hydrogen) atoms. The van der Waals surface area contributed by atoms with Gasteiger partial charge in [0, 0.05) is 0 Å². The summed E-state index contributed by atoms with van der Waals surface area (Å²) in [7, 11) is 0. The van der Waals surface area contributed by atoms with E-state index in [9.17, 15) is 15.8 Å². The van der Waals surface area contributed by atoms with E-state index in [1.165, 1.54) is 0 Å². The monoisotopic (exact) mass is 910 g/mol. The highest BCUT2D eigenvalue weighted by molar-refractivity contribution is 6.30. The first kappa shape index (κ1) is 43.0. The fraction of sp³-hybridized carbons (Fsp3) is 0. The van der Waals surface area contributed by atoms with Crippen molar-refractivity contribution in [1.29, 1.82) is 15.8 Å². The van der Waals surface area contributed by atoms with Crippen LogP contribution >= 0.6 is 0 Å². The van der Waals surface area contributed by atoms with Gasteiger partial charge in [0.25, 0.3) is 0 Å². The highest BCUT2D eigenvalue weighted by atomic mass is 14.6. The number of hydrogen-bond donors (Lipinski definition) is 0. The molecule has 330 valence electrons. The van der Waals surface area contributed by atoms with Crippen LogP contribution in [-0.4, -0.2) is 0 Å². The van der Waals surface area contributed by atoms with Crippen molar-refractivity contribution in [2.45, 2.75) is 0 Å². The van der Waals surface area contributed by atoms with Crippen LogP contribution in [0.15, 0.2) is 231 Å². The Morgan fingerprint density at radius 3 is 0.708 bits per heavy atom. The van der Waals surface area contributed by atoms with Gasteiger partial charge in [-0.25, -0.2) is 4.85 Å². The Morgan fingerprint density at radius 1 is 0.250 bits per heavy atom. The molecule has 0 fully saturated rings. The van der Waals surface area contributed by atoms with Gasteiger partial charge in [-0.2, -0.15) is 15.8 Å². The Morgan fingerprint density at radius 2 is 0.472 bits per heavy atom. The summed E-state index contributed by atoms with van der Waals surface area (Å²) < 4.78 is 0. The fourth-order valence-corrected chi connectivity index (χ4v) is 10.6. The Balaban J connectivity index is 1.14. The molecule has 0 bridgehead atoms. The van der Waals surface area contributed by atoms with E-state index >= 15 is 0 Å². The first-order valence-corrected chi connectivity index (χ1v) is 23.7.